The van der Waals surface area contributed by atoms with Gasteiger partial charge in [0.05, 0.1) is 0 Å². The van der Waals surface area contributed by atoms with E-state index >= 15 is 0 Å². The van der Waals surface area contributed by atoms with Crippen molar-refractivity contribution in [2.24, 2.45) is 0 Å². The molecule has 0 atom stereocenters. The van der Waals surface area contributed by atoms with E-state index in [9.17, 15) is 4.79 Å². The zero-order chi connectivity index (χ0) is 16.1. The lowest BCUT2D eigenvalue weighted by Gasteiger charge is -2.35. The summed E-state index contributed by atoms with van der Waals surface area (Å²) in [5.41, 5.74) is 7.07. The number of aromatic nitrogens is 1. The van der Waals surface area contributed by atoms with Gasteiger partial charge in [0, 0.05) is 56.6 Å². The largest absolute Gasteiger partial charge is 0.398 e. The SMILES string of the molecule is Nc1ccccc1C(=O)CCN1CCN(c2ccccn2)CC1. The molecule has 3 rings (SSSR count). The maximum absolute atomic E-state index is 12.3. The van der Waals surface area contributed by atoms with Gasteiger partial charge in [0.25, 0.3) is 0 Å². The summed E-state index contributed by atoms with van der Waals surface area (Å²) in [5.74, 6) is 1.15. The second-order valence-electron chi connectivity index (χ2n) is 5.78. The van der Waals surface area contributed by atoms with E-state index in [-0.39, 0.29) is 5.78 Å². The highest BCUT2D eigenvalue weighted by Gasteiger charge is 2.19. The minimum atomic E-state index is 0.121. The molecule has 0 radical (unpaired) electrons. The molecule has 120 valence electrons. The monoisotopic (exact) mass is 310 g/mol. The Morgan fingerprint density at radius 2 is 1.78 bits per heavy atom. The molecule has 2 aromatic rings. The van der Waals surface area contributed by atoms with Crippen molar-refractivity contribution in [3.63, 3.8) is 0 Å². The topological polar surface area (TPSA) is 62.5 Å². The van der Waals surface area contributed by atoms with Crippen molar-refractivity contribution in [1.29, 1.82) is 0 Å². The number of hydrogen-bond donors (Lipinski definition) is 1. The first-order chi connectivity index (χ1) is 11.2. The van der Waals surface area contributed by atoms with E-state index in [1.165, 1.54) is 0 Å². The third-order valence-corrected chi connectivity index (χ3v) is 4.26. The molecule has 1 fully saturated rings. The summed E-state index contributed by atoms with van der Waals surface area (Å²) < 4.78 is 0. The molecule has 1 aromatic carbocycles. The number of Topliss-reactive ketones (excluding diaryl/α,β-unsaturated/α-hetero) is 1. The highest BCUT2D eigenvalue weighted by molar-refractivity contribution is 6.00. The minimum Gasteiger partial charge on any atom is -0.398 e. The van der Waals surface area contributed by atoms with Gasteiger partial charge in [-0.15, -0.1) is 0 Å². The Labute approximate surface area is 136 Å². The first kappa shape index (κ1) is 15.5. The molecule has 2 N–H and O–H groups in total. The van der Waals surface area contributed by atoms with Gasteiger partial charge in [-0.25, -0.2) is 4.98 Å². The molecule has 0 amide bonds. The molecule has 1 aliphatic heterocycles. The van der Waals surface area contributed by atoms with Gasteiger partial charge in [0.1, 0.15) is 5.82 Å². The minimum absolute atomic E-state index is 0.121. The molecule has 1 aromatic heterocycles. The number of ketones is 1. The number of carbonyl (C=O) groups is 1. The predicted molar refractivity (Wildman–Crippen MR) is 92.7 cm³/mol. The molecule has 0 spiro atoms. The molecule has 5 nitrogen and oxygen atoms in total. The normalized spacial score (nSPS) is 15.6. The number of pyridine rings is 1. The Balaban J connectivity index is 1.48. The van der Waals surface area contributed by atoms with Crippen molar-refractivity contribution in [2.75, 3.05) is 43.4 Å². The Hall–Kier alpha value is -2.40. The summed E-state index contributed by atoms with van der Waals surface area (Å²) in [6.07, 6.45) is 2.34. The second kappa shape index (κ2) is 7.24. The van der Waals surface area contributed by atoms with Crippen molar-refractivity contribution < 1.29 is 4.79 Å². The van der Waals surface area contributed by atoms with Crippen LogP contribution in [0.15, 0.2) is 48.7 Å². The van der Waals surface area contributed by atoms with Crippen LogP contribution >= 0.6 is 0 Å². The zero-order valence-electron chi connectivity index (χ0n) is 13.2. The summed E-state index contributed by atoms with van der Waals surface area (Å²) in [6, 6.07) is 13.3. The zero-order valence-corrected chi connectivity index (χ0v) is 13.2. The number of anilines is 2. The van der Waals surface area contributed by atoms with E-state index in [0.29, 0.717) is 17.7 Å². The van der Waals surface area contributed by atoms with E-state index in [4.69, 9.17) is 5.73 Å². The lowest BCUT2D eigenvalue weighted by Crippen LogP contribution is -2.47. The summed E-state index contributed by atoms with van der Waals surface area (Å²) in [4.78, 5) is 21.3. The van der Waals surface area contributed by atoms with Crippen molar-refractivity contribution in [1.82, 2.24) is 9.88 Å². The fourth-order valence-corrected chi connectivity index (χ4v) is 2.89. The number of benzene rings is 1. The first-order valence-corrected chi connectivity index (χ1v) is 8.00. The van der Waals surface area contributed by atoms with Crippen LogP contribution < -0.4 is 10.6 Å². The Kier molecular flexibility index (Phi) is 4.88. The summed E-state index contributed by atoms with van der Waals surface area (Å²) in [5, 5.41) is 0. The van der Waals surface area contributed by atoms with Crippen molar-refractivity contribution in [3.8, 4) is 0 Å². The molecule has 23 heavy (non-hydrogen) atoms. The second-order valence-corrected chi connectivity index (χ2v) is 5.78. The van der Waals surface area contributed by atoms with Crippen LogP contribution in [0.1, 0.15) is 16.8 Å². The molecule has 2 heterocycles. The van der Waals surface area contributed by atoms with Gasteiger partial charge in [-0.1, -0.05) is 18.2 Å². The summed E-state index contributed by atoms with van der Waals surface area (Å²) in [6.45, 7) is 4.57. The maximum atomic E-state index is 12.3. The standard InChI is InChI=1S/C18H22N4O/c19-16-6-2-1-5-15(16)17(23)8-10-21-11-13-22(14-12-21)18-7-3-4-9-20-18/h1-7,9H,8,10-14,19H2. The third kappa shape index (κ3) is 3.87. The van der Waals surface area contributed by atoms with Crippen LogP contribution in [0.5, 0.6) is 0 Å². The number of para-hydroxylation sites is 1. The molecule has 0 saturated carbocycles. The maximum Gasteiger partial charge on any atom is 0.166 e. The van der Waals surface area contributed by atoms with Gasteiger partial charge in [-0.3, -0.25) is 9.69 Å². The molecular weight excluding hydrogens is 288 g/mol. The smallest absolute Gasteiger partial charge is 0.166 e. The van der Waals surface area contributed by atoms with E-state index in [1.54, 1.807) is 12.1 Å². The summed E-state index contributed by atoms with van der Waals surface area (Å²) >= 11 is 0. The number of piperazine rings is 1. The number of carbonyl (C=O) groups excluding carboxylic acids is 1. The van der Waals surface area contributed by atoms with Gasteiger partial charge in [-0.2, -0.15) is 0 Å². The lowest BCUT2D eigenvalue weighted by atomic mass is 10.1. The predicted octanol–water partition coefficient (Wildman–Crippen LogP) is 2.06. The van der Waals surface area contributed by atoms with Crippen molar-refractivity contribution in [2.45, 2.75) is 6.42 Å². The lowest BCUT2D eigenvalue weighted by molar-refractivity contribution is 0.0963. The van der Waals surface area contributed by atoms with Crippen LogP contribution in [0.2, 0.25) is 0 Å². The van der Waals surface area contributed by atoms with Gasteiger partial charge >= 0.3 is 0 Å². The van der Waals surface area contributed by atoms with Crippen LogP contribution in [0.4, 0.5) is 11.5 Å². The van der Waals surface area contributed by atoms with Gasteiger partial charge in [-0.05, 0) is 24.3 Å². The Morgan fingerprint density at radius 1 is 1.04 bits per heavy atom. The number of nitrogens with zero attached hydrogens (tertiary/aromatic N) is 3. The van der Waals surface area contributed by atoms with Crippen molar-refractivity contribution >= 4 is 17.3 Å². The van der Waals surface area contributed by atoms with Crippen LogP contribution in [0.3, 0.4) is 0 Å². The average Bonchev–Trinajstić information content (AvgIpc) is 2.61. The van der Waals surface area contributed by atoms with Crippen LogP contribution in [-0.2, 0) is 0 Å². The fraction of sp³-hybridized carbons (Fsp3) is 0.333. The number of hydrogen-bond acceptors (Lipinski definition) is 5. The third-order valence-electron chi connectivity index (χ3n) is 4.26. The first-order valence-electron chi connectivity index (χ1n) is 8.00. The molecule has 0 aliphatic carbocycles. The van der Waals surface area contributed by atoms with Crippen LogP contribution in [-0.4, -0.2) is 48.4 Å². The average molecular weight is 310 g/mol. The van der Waals surface area contributed by atoms with E-state index < -0.39 is 0 Å². The van der Waals surface area contributed by atoms with Crippen LogP contribution in [0.25, 0.3) is 0 Å². The van der Waals surface area contributed by atoms with Crippen LogP contribution in [0, 0.1) is 0 Å². The quantitative estimate of drug-likeness (QED) is 0.676. The van der Waals surface area contributed by atoms with Gasteiger partial charge in [0.2, 0.25) is 0 Å². The Bertz CT molecular complexity index is 651. The highest BCUT2D eigenvalue weighted by Crippen LogP contribution is 2.15. The molecular formula is C18H22N4O. The fourth-order valence-electron chi connectivity index (χ4n) is 2.89. The molecule has 1 saturated heterocycles. The van der Waals surface area contributed by atoms with E-state index in [2.05, 4.69) is 14.8 Å². The molecule has 0 bridgehead atoms. The molecule has 5 heteroatoms. The van der Waals surface area contributed by atoms with E-state index in [1.807, 2.05) is 36.5 Å². The Morgan fingerprint density at radius 3 is 2.48 bits per heavy atom. The number of rotatable bonds is 5. The van der Waals surface area contributed by atoms with Gasteiger partial charge < -0.3 is 10.6 Å². The number of nitrogens with two attached hydrogens (primary N) is 1. The van der Waals surface area contributed by atoms with E-state index in [0.717, 1.165) is 38.5 Å². The number of nitrogen functional groups attached to an aromatic ring is 1. The summed E-state index contributed by atoms with van der Waals surface area (Å²) in [7, 11) is 0. The highest BCUT2D eigenvalue weighted by atomic mass is 16.1. The van der Waals surface area contributed by atoms with Crippen molar-refractivity contribution in [3.05, 3.63) is 54.2 Å². The van der Waals surface area contributed by atoms with Gasteiger partial charge in [0.15, 0.2) is 5.78 Å². The molecule has 1 aliphatic rings. The molecule has 0 unspecified atom stereocenters.